The van der Waals surface area contributed by atoms with Gasteiger partial charge in [0, 0.05) is 19.0 Å². The molecule has 0 saturated carbocycles. The quantitative estimate of drug-likeness (QED) is 0.297. The second kappa shape index (κ2) is 14.0. The minimum atomic E-state index is -3.83. The largest absolute Gasteiger partial charge is 0.352 e. The first-order chi connectivity index (χ1) is 18.9. The number of benzene rings is 3. The summed E-state index contributed by atoms with van der Waals surface area (Å²) in [7, 11) is -3.83. The molecule has 10 heteroatoms. The summed E-state index contributed by atoms with van der Waals surface area (Å²) in [6.07, 6.45) is 2.09. The molecule has 0 unspecified atom stereocenters. The lowest BCUT2D eigenvalue weighted by atomic mass is 10.0. The number of nitrogens with zero attached hydrogens (tertiary/aromatic N) is 2. The maximum atomic E-state index is 14.1. The third-order valence-electron chi connectivity index (χ3n) is 6.35. The number of nitrogens with one attached hydrogen (secondary N) is 1. The molecule has 214 valence electrons. The number of rotatable bonds is 12. The normalized spacial score (nSPS) is 12.2. The van der Waals surface area contributed by atoms with E-state index >= 15 is 0 Å². The van der Waals surface area contributed by atoms with Crippen LogP contribution < -0.4 is 9.62 Å². The van der Waals surface area contributed by atoms with Crippen LogP contribution in [0.2, 0.25) is 10.0 Å². The molecule has 3 aromatic carbocycles. The van der Waals surface area contributed by atoms with Gasteiger partial charge >= 0.3 is 0 Å². The van der Waals surface area contributed by atoms with E-state index in [2.05, 4.69) is 5.32 Å². The molecule has 1 N–H and O–H groups in total. The van der Waals surface area contributed by atoms with Crippen molar-refractivity contribution in [3.8, 4) is 0 Å². The number of hydrogen-bond acceptors (Lipinski definition) is 4. The number of hydrogen-bond donors (Lipinski definition) is 1. The van der Waals surface area contributed by atoms with E-state index in [0.717, 1.165) is 28.1 Å². The van der Waals surface area contributed by atoms with Crippen LogP contribution in [0.3, 0.4) is 0 Å². The van der Waals surface area contributed by atoms with Crippen LogP contribution in [-0.4, -0.2) is 50.0 Å². The zero-order valence-electron chi connectivity index (χ0n) is 23.1. The summed E-state index contributed by atoms with van der Waals surface area (Å²) in [5.74, 6) is -0.874. The van der Waals surface area contributed by atoms with Crippen LogP contribution in [0, 0.1) is 0 Å². The van der Waals surface area contributed by atoms with Gasteiger partial charge in [0.2, 0.25) is 21.8 Å². The highest BCUT2D eigenvalue weighted by atomic mass is 35.5. The number of halogens is 2. The van der Waals surface area contributed by atoms with Crippen LogP contribution in [0.4, 0.5) is 5.69 Å². The van der Waals surface area contributed by atoms with Crippen molar-refractivity contribution in [2.24, 2.45) is 0 Å². The highest BCUT2D eigenvalue weighted by Gasteiger charge is 2.33. The van der Waals surface area contributed by atoms with Crippen molar-refractivity contribution < 1.29 is 18.0 Å². The minimum absolute atomic E-state index is 0.0190. The van der Waals surface area contributed by atoms with Crippen LogP contribution in [-0.2, 0) is 39.0 Å². The molecular formula is C30H35Cl2N3O4S. The lowest BCUT2D eigenvalue weighted by Gasteiger charge is -2.34. The Kier molecular flexibility index (Phi) is 11.0. The third kappa shape index (κ3) is 8.71. The topological polar surface area (TPSA) is 86.8 Å². The first kappa shape index (κ1) is 31.5. The number of aryl methyl sites for hydroxylation is 1. The van der Waals surface area contributed by atoms with E-state index in [-0.39, 0.29) is 24.9 Å². The minimum Gasteiger partial charge on any atom is -0.352 e. The van der Waals surface area contributed by atoms with Crippen molar-refractivity contribution in [1.82, 2.24) is 10.2 Å². The average Bonchev–Trinajstić information content (AvgIpc) is 2.90. The molecule has 0 bridgehead atoms. The molecule has 7 nitrogen and oxygen atoms in total. The Morgan fingerprint density at radius 3 is 2.05 bits per heavy atom. The third-order valence-corrected chi connectivity index (χ3v) is 8.23. The predicted molar refractivity (Wildman–Crippen MR) is 162 cm³/mol. The lowest BCUT2D eigenvalue weighted by Crippen LogP contribution is -2.54. The summed E-state index contributed by atoms with van der Waals surface area (Å²) in [6.45, 7) is 5.22. The zero-order valence-corrected chi connectivity index (χ0v) is 25.4. The van der Waals surface area contributed by atoms with Gasteiger partial charge < -0.3 is 10.2 Å². The van der Waals surface area contributed by atoms with Crippen LogP contribution in [0.15, 0.2) is 72.8 Å². The first-order valence-corrected chi connectivity index (χ1v) is 15.6. The van der Waals surface area contributed by atoms with Gasteiger partial charge in [-0.3, -0.25) is 13.9 Å². The molecule has 3 aromatic rings. The van der Waals surface area contributed by atoms with E-state index in [0.29, 0.717) is 21.3 Å². The van der Waals surface area contributed by atoms with Gasteiger partial charge in [0.05, 0.1) is 22.0 Å². The standard InChI is InChI=1S/C30H35Cl2N3O4S/c1-5-22-11-14-25(15-12-22)35(40(4,38)39)20-29(36)34(19-24-13-16-26(31)27(32)17-24)28(30(37)33-21(2)3)18-23-9-7-6-8-10-23/h6-17,21,28H,5,18-20H2,1-4H3,(H,33,37)/t28-/m0/s1. The summed E-state index contributed by atoms with van der Waals surface area (Å²) in [4.78, 5) is 29.0. The van der Waals surface area contributed by atoms with Gasteiger partial charge in [-0.2, -0.15) is 0 Å². The van der Waals surface area contributed by atoms with E-state index in [1.54, 1.807) is 30.3 Å². The Balaban J connectivity index is 2.06. The summed E-state index contributed by atoms with van der Waals surface area (Å²) in [5, 5.41) is 3.59. The van der Waals surface area contributed by atoms with Crippen LogP contribution >= 0.6 is 23.2 Å². The van der Waals surface area contributed by atoms with E-state index in [4.69, 9.17) is 23.2 Å². The second-order valence-corrected chi connectivity index (χ2v) is 12.6. The number of sulfonamides is 1. The SMILES string of the molecule is CCc1ccc(N(CC(=O)N(Cc2ccc(Cl)c(Cl)c2)[C@@H](Cc2ccccc2)C(=O)NC(C)C)S(C)(=O)=O)cc1. The molecule has 1 atom stereocenters. The lowest BCUT2D eigenvalue weighted by molar-refractivity contribution is -0.140. The van der Waals surface area contributed by atoms with Crippen LogP contribution in [0.5, 0.6) is 0 Å². The number of carbonyl (C=O) groups excluding carboxylic acids is 2. The van der Waals surface area contributed by atoms with E-state index in [9.17, 15) is 18.0 Å². The fourth-order valence-electron chi connectivity index (χ4n) is 4.28. The van der Waals surface area contributed by atoms with Crippen molar-refractivity contribution in [1.29, 1.82) is 0 Å². The molecule has 40 heavy (non-hydrogen) atoms. The van der Waals surface area contributed by atoms with Crippen molar-refractivity contribution in [2.75, 3.05) is 17.1 Å². The molecule has 0 saturated heterocycles. The molecule has 0 radical (unpaired) electrons. The molecule has 0 aliphatic heterocycles. The predicted octanol–water partition coefficient (Wildman–Crippen LogP) is 5.49. The van der Waals surface area contributed by atoms with Crippen LogP contribution in [0.25, 0.3) is 0 Å². The number of carbonyl (C=O) groups is 2. The summed E-state index contributed by atoms with van der Waals surface area (Å²) < 4.78 is 26.8. The van der Waals surface area contributed by atoms with Crippen molar-refractivity contribution in [3.05, 3.63) is 99.5 Å². The number of amides is 2. The highest BCUT2D eigenvalue weighted by Crippen LogP contribution is 2.25. The average molecular weight is 605 g/mol. The van der Waals surface area contributed by atoms with Gasteiger partial charge in [0.25, 0.3) is 0 Å². The number of anilines is 1. The van der Waals surface area contributed by atoms with Gasteiger partial charge in [-0.1, -0.05) is 78.7 Å². The maximum Gasteiger partial charge on any atom is 0.244 e. The summed E-state index contributed by atoms with van der Waals surface area (Å²) in [5.41, 5.74) is 2.91. The van der Waals surface area contributed by atoms with Gasteiger partial charge in [0.1, 0.15) is 12.6 Å². The van der Waals surface area contributed by atoms with E-state index in [1.807, 2.05) is 63.2 Å². The molecular weight excluding hydrogens is 569 g/mol. The molecule has 2 amide bonds. The monoisotopic (exact) mass is 603 g/mol. The smallest absolute Gasteiger partial charge is 0.244 e. The zero-order chi connectivity index (χ0) is 29.4. The fourth-order valence-corrected chi connectivity index (χ4v) is 5.45. The Labute approximate surface area is 247 Å². The Morgan fingerprint density at radius 2 is 1.50 bits per heavy atom. The molecule has 0 aliphatic rings. The van der Waals surface area contributed by atoms with E-state index in [1.165, 1.54) is 4.90 Å². The van der Waals surface area contributed by atoms with Gasteiger partial charge in [-0.05, 0) is 61.2 Å². The summed E-state index contributed by atoms with van der Waals surface area (Å²) >= 11 is 12.4. The van der Waals surface area contributed by atoms with E-state index < -0.39 is 28.5 Å². The molecule has 0 aromatic heterocycles. The fraction of sp³-hybridized carbons (Fsp3) is 0.333. The maximum absolute atomic E-state index is 14.1. The molecule has 0 spiro atoms. The van der Waals surface area contributed by atoms with Gasteiger partial charge in [0.15, 0.2) is 0 Å². The first-order valence-electron chi connectivity index (χ1n) is 13.0. The Bertz CT molecular complexity index is 1410. The van der Waals surface area contributed by atoms with Crippen molar-refractivity contribution >= 4 is 50.7 Å². The second-order valence-electron chi connectivity index (χ2n) is 9.93. The van der Waals surface area contributed by atoms with Crippen molar-refractivity contribution in [2.45, 2.75) is 52.2 Å². The molecule has 0 heterocycles. The molecule has 3 rings (SSSR count). The Hall–Kier alpha value is -3.07. The van der Waals surface area contributed by atoms with Crippen molar-refractivity contribution in [3.63, 3.8) is 0 Å². The van der Waals surface area contributed by atoms with Crippen LogP contribution in [0.1, 0.15) is 37.5 Å². The van der Waals surface area contributed by atoms with Gasteiger partial charge in [-0.15, -0.1) is 0 Å². The molecule has 0 fully saturated rings. The summed E-state index contributed by atoms with van der Waals surface area (Å²) in [6, 6.07) is 20.3. The highest BCUT2D eigenvalue weighted by molar-refractivity contribution is 7.92. The molecule has 0 aliphatic carbocycles. The Morgan fingerprint density at radius 1 is 0.875 bits per heavy atom. The van der Waals surface area contributed by atoms with Gasteiger partial charge in [-0.25, -0.2) is 8.42 Å².